The first-order valence-electron chi connectivity index (χ1n) is 5.94. The van der Waals surface area contributed by atoms with E-state index in [4.69, 9.17) is 5.73 Å². The molecule has 1 aliphatic rings. The van der Waals surface area contributed by atoms with Crippen molar-refractivity contribution in [2.24, 2.45) is 0 Å². The molecule has 19 heavy (non-hydrogen) atoms. The molecule has 0 spiro atoms. The van der Waals surface area contributed by atoms with Crippen LogP contribution in [0.15, 0.2) is 6.20 Å². The lowest BCUT2D eigenvalue weighted by Crippen LogP contribution is -2.29. The van der Waals surface area contributed by atoms with Crippen LogP contribution in [-0.4, -0.2) is 48.5 Å². The number of nitrogens with zero attached hydrogens (tertiary/aromatic N) is 2. The van der Waals surface area contributed by atoms with Crippen LogP contribution in [0.1, 0.15) is 18.5 Å². The van der Waals surface area contributed by atoms with Crippen molar-refractivity contribution in [3.63, 3.8) is 0 Å². The Morgan fingerprint density at radius 2 is 2.00 bits per heavy atom. The molecule has 1 fully saturated rings. The van der Waals surface area contributed by atoms with Crippen LogP contribution in [-0.2, 0) is 0 Å². The number of aromatic hydroxyl groups is 1. The van der Waals surface area contributed by atoms with E-state index < -0.39 is 18.2 Å². The Kier molecular flexibility index (Phi) is 2.59. The molecule has 1 saturated heterocycles. The summed E-state index contributed by atoms with van der Waals surface area (Å²) in [6, 6.07) is -0.717. The summed E-state index contributed by atoms with van der Waals surface area (Å²) in [6.45, 7) is 1.78. The second-order valence-electron chi connectivity index (χ2n) is 4.79. The maximum atomic E-state index is 10.0. The molecule has 3 rings (SSSR count). The fourth-order valence-corrected chi connectivity index (χ4v) is 2.51. The number of rotatable bonds is 1. The van der Waals surface area contributed by atoms with Crippen LogP contribution in [0.3, 0.4) is 0 Å². The number of H-pyrrole nitrogens is 1. The van der Waals surface area contributed by atoms with Gasteiger partial charge in [0.15, 0.2) is 0 Å². The van der Waals surface area contributed by atoms with E-state index in [0.29, 0.717) is 16.6 Å². The highest BCUT2D eigenvalue weighted by Crippen LogP contribution is 2.33. The number of fused-ring (bicyclic) bond motifs is 1. The van der Waals surface area contributed by atoms with Crippen LogP contribution in [0.5, 0.6) is 5.88 Å². The standard InChI is InChI=1S/C11H15N5O3/c1-3-8(17)9(18)6(14-3)4-2-13-7-5(4)15-11(12)16-10(7)19/h2-3,6,8-9,13-14,17-18H,1H3,(H3,12,15,16,19)/t3-,6+,8-,9+/m1/s1. The normalized spacial score (nSPS) is 31.1. The van der Waals surface area contributed by atoms with Gasteiger partial charge in [-0.3, -0.25) is 0 Å². The lowest BCUT2D eigenvalue weighted by Gasteiger charge is -2.14. The molecule has 0 bridgehead atoms. The van der Waals surface area contributed by atoms with E-state index in [2.05, 4.69) is 20.3 Å². The summed E-state index contributed by atoms with van der Waals surface area (Å²) >= 11 is 0. The number of nitrogens with two attached hydrogens (primary N) is 1. The number of hydrogen-bond acceptors (Lipinski definition) is 7. The second-order valence-corrected chi connectivity index (χ2v) is 4.79. The molecule has 102 valence electrons. The van der Waals surface area contributed by atoms with Gasteiger partial charge in [0.05, 0.1) is 12.1 Å². The van der Waals surface area contributed by atoms with Crippen LogP contribution in [0.4, 0.5) is 5.95 Å². The van der Waals surface area contributed by atoms with Gasteiger partial charge < -0.3 is 31.4 Å². The summed E-state index contributed by atoms with van der Waals surface area (Å²) < 4.78 is 0. The zero-order valence-electron chi connectivity index (χ0n) is 10.2. The Morgan fingerprint density at radius 1 is 1.26 bits per heavy atom. The molecule has 0 amide bonds. The minimum absolute atomic E-state index is 0.0491. The van der Waals surface area contributed by atoms with E-state index in [-0.39, 0.29) is 17.9 Å². The van der Waals surface area contributed by atoms with E-state index >= 15 is 0 Å². The molecule has 8 heteroatoms. The molecule has 2 aromatic rings. The van der Waals surface area contributed by atoms with Crippen LogP contribution in [0.25, 0.3) is 11.0 Å². The maximum absolute atomic E-state index is 10.0. The van der Waals surface area contributed by atoms with Crippen molar-refractivity contribution >= 4 is 17.0 Å². The van der Waals surface area contributed by atoms with E-state index in [1.54, 1.807) is 13.1 Å². The van der Waals surface area contributed by atoms with Gasteiger partial charge in [0, 0.05) is 17.8 Å². The lowest BCUT2D eigenvalue weighted by atomic mass is 10.0. The van der Waals surface area contributed by atoms with Gasteiger partial charge in [0.25, 0.3) is 0 Å². The van der Waals surface area contributed by atoms with Gasteiger partial charge in [0.2, 0.25) is 11.8 Å². The van der Waals surface area contributed by atoms with Crippen LogP contribution in [0.2, 0.25) is 0 Å². The first-order valence-corrected chi connectivity index (χ1v) is 5.94. The molecule has 0 unspecified atom stereocenters. The fraction of sp³-hybridized carbons (Fsp3) is 0.455. The third-order valence-electron chi connectivity index (χ3n) is 3.53. The van der Waals surface area contributed by atoms with Crippen LogP contribution < -0.4 is 11.1 Å². The molecule has 8 nitrogen and oxygen atoms in total. The average Bonchev–Trinajstić information content (AvgIpc) is 2.86. The summed E-state index contributed by atoms with van der Waals surface area (Å²) in [5.41, 5.74) is 6.93. The molecule has 0 aliphatic carbocycles. The van der Waals surface area contributed by atoms with Crippen molar-refractivity contribution in [3.05, 3.63) is 11.8 Å². The zero-order chi connectivity index (χ0) is 13.7. The number of anilines is 1. The molecule has 2 aromatic heterocycles. The van der Waals surface area contributed by atoms with Crippen molar-refractivity contribution in [1.82, 2.24) is 20.3 Å². The summed E-state index contributed by atoms with van der Waals surface area (Å²) in [5.74, 6) is -0.290. The number of hydrogen-bond donors (Lipinski definition) is 6. The van der Waals surface area contributed by atoms with Crippen molar-refractivity contribution in [3.8, 4) is 5.88 Å². The monoisotopic (exact) mass is 265 g/mol. The molecular formula is C11H15N5O3. The summed E-state index contributed by atoms with van der Waals surface area (Å²) in [4.78, 5) is 10.6. The Balaban J connectivity index is 2.11. The van der Waals surface area contributed by atoms with Gasteiger partial charge in [-0.05, 0) is 6.92 Å². The fourth-order valence-electron chi connectivity index (χ4n) is 2.51. The highest BCUT2D eigenvalue weighted by Gasteiger charge is 2.40. The molecule has 7 N–H and O–H groups in total. The van der Waals surface area contributed by atoms with E-state index in [1.165, 1.54) is 0 Å². The van der Waals surface area contributed by atoms with Gasteiger partial charge in [-0.2, -0.15) is 4.98 Å². The predicted octanol–water partition coefficient (Wildman–Crippen LogP) is -1.000. The summed E-state index contributed by atoms with van der Waals surface area (Å²) in [5, 5.41) is 32.6. The van der Waals surface area contributed by atoms with Crippen LogP contribution >= 0.6 is 0 Å². The van der Waals surface area contributed by atoms with Gasteiger partial charge in [-0.1, -0.05) is 0 Å². The van der Waals surface area contributed by atoms with E-state index in [1.807, 2.05) is 0 Å². The predicted molar refractivity (Wildman–Crippen MR) is 67.3 cm³/mol. The molecule has 1 aliphatic heterocycles. The van der Waals surface area contributed by atoms with Crippen LogP contribution in [0, 0.1) is 0 Å². The molecular weight excluding hydrogens is 250 g/mol. The first kappa shape index (κ1) is 12.2. The minimum Gasteiger partial charge on any atom is -0.492 e. The Morgan fingerprint density at radius 3 is 2.63 bits per heavy atom. The number of aliphatic hydroxyl groups is 2. The van der Waals surface area contributed by atoms with Gasteiger partial charge in [-0.15, -0.1) is 0 Å². The number of nitrogens with one attached hydrogen (secondary N) is 2. The molecule has 0 radical (unpaired) electrons. The topological polar surface area (TPSA) is 140 Å². The summed E-state index contributed by atoms with van der Waals surface area (Å²) in [6.07, 6.45) is -0.195. The third kappa shape index (κ3) is 1.72. The minimum atomic E-state index is -0.952. The van der Waals surface area contributed by atoms with Gasteiger partial charge in [-0.25, -0.2) is 4.98 Å². The van der Waals surface area contributed by atoms with Crippen molar-refractivity contribution in [1.29, 1.82) is 0 Å². The number of aliphatic hydroxyl groups excluding tert-OH is 2. The third-order valence-corrected chi connectivity index (χ3v) is 3.53. The molecule has 0 aromatic carbocycles. The Hall–Kier alpha value is -1.90. The van der Waals surface area contributed by atoms with Crippen molar-refractivity contribution < 1.29 is 15.3 Å². The van der Waals surface area contributed by atoms with Gasteiger partial charge >= 0.3 is 0 Å². The molecule has 3 heterocycles. The number of aromatic amines is 1. The quantitative estimate of drug-likeness (QED) is 0.388. The number of aromatic nitrogens is 3. The SMILES string of the molecule is C[C@H]1N[C@@H](c2c[nH]c3c(O)nc(N)nc23)[C@H](O)[C@@H]1O. The maximum Gasteiger partial charge on any atom is 0.240 e. The molecule has 0 saturated carbocycles. The molecule has 4 atom stereocenters. The van der Waals surface area contributed by atoms with Gasteiger partial charge in [0.1, 0.15) is 17.1 Å². The number of nitrogen functional groups attached to an aromatic ring is 1. The zero-order valence-corrected chi connectivity index (χ0v) is 10.2. The largest absolute Gasteiger partial charge is 0.492 e. The van der Waals surface area contributed by atoms with Crippen molar-refractivity contribution in [2.45, 2.75) is 31.2 Å². The lowest BCUT2D eigenvalue weighted by molar-refractivity contribution is 0.0303. The highest BCUT2D eigenvalue weighted by atomic mass is 16.3. The van der Waals surface area contributed by atoms with Crippen molar-refractivity contribution in [2.75, 3.05) is 5.73 Å². The summed E-state index contributed by atoms with van der Waals surface area (Å²) in [7, 11) is 0. The first-order chi connectivity index (χ1) is 8.99. The Bertz CT molecular complexity index is 628. The second kappa shape index (κ2) is 4.05. The highest BCUT2D eigenvalue weighted by molar-refractivity contribution is 5.84. The Labute approximate surface area is 108 Å². The van der Waals surface area contributed by atoms with E-state index in [9.17, 15) is 15.3 Å². The average molecular weight is 265 g/mol. The van der Waals surface area contributed by atoms with E-state index in [0.717, 1.165) is 0 Å². The smallest absolute Gasteiger partial charge is 0.240 e.